The molecule has 0 spiro atoms. The molecule has 1 aliphatic heterocycles. The van der Waals surface area contributed by atoms with Gasteiger partial charge in [-0.2, -0.15) is 4.31 Å². The van der Waals surface area contributed by atoms with Crippen LogP contribution in [0.25, 0.3) is 0 Å². The molecule has 1 fully saturated rings. The Balaban J connectivity index is 1.70. The molecule has 1 amide bonds. The average molecular weight is 451 g/mol. The quantitative estimate of drug-likeness (QED) is 0.680. The van der Waals surface area contributed by atoms with Crippen molar-refractivity contribution in [3.8, 4) is 0 Å². The van der Waals surface area contributed by atoms with Gasteiger partial charge in [0, 0.05) is 23.7 Å². The monoisotopic (exact) mass is 450 g/mol. The first-order chi connectivity index (χ1) is 14.2. The largest absolute Gasteiger partial charge is 0.465 e. The van der Waals surface area contributed by atoms with Crippen LogP contribution in [-0.2, 0) is 26.0 Å². The summed E-state index contributed by atoms with van der Waals surface area (Å²) < 4.78 is 32.1. The van der Waals surface area contributed by atoms with Gasteiger partial charge in [0.2, 0.25) is 5.91 Å². The highest BCUT2D eigenvalue weighted by Gasteiger charge is 2.27. The zero-order valence-electron chi connectivity index (χ0n) is 17.4. The summed E-state index contributed by atoms with van der Waals surface area (Å²) in [5.74, 6) is -0.740. The number of hydrogen-bond acceptors (Lipinski definition) is 6. The molecule has 0 saturated carbocycles. The number of amides is 1. The zero-order valence-corrected chi connectivity index (χ0v) is 19.0. The fraction of sp³-hybridized carbons (Fsp3) is 0.429. The lowest BCUT2D eigenvalue weighted by Gasteiger charge is -2.25. The van der Waals surface area contributed by atoms with E-state index < -0.39 is 16.0 Å². The van der Waals surface area contributed by atoms with Gasteiger partial charge >= 0.3 is 5.97 Å². The Hall–Kier alpha value is -2.23. The number of rotatable bonds is 6. The molecule has 0 aliphatic carbocycles. The van der Waals surface area contributed by atoms with E-state index in [9.17, 15) is 18.0 Å². The molecule has 2 heterocycles. The van der Waals surface area contributed by atoms with E-state index in [-0.39, 0.29) is 16.5 Å². The second-order valence-electron chi connectivity index (χ2n) is 7.37. The van der Waals surface area contributed by atoms with Crippen molar-refractivity contribution in [3.05, 3.63) is 45.8 Å². The summed E-state index contributed by atoms with van der Waals surface area (Å²) in [5.41, 5.74) is 2.56. The number of benzene rings is 1. The molecular weight excluding hydrogens is 424 g/mol. The smallest absolute Gasteiger partial charge is 0.338 e. The normalized spacial score (nSPS) is 15.0. The number of anilines is 1. The van der Waals surface area contributed by atoms with Gasteiger partial charge in [-0.3, -0.25) is 4.79 Å². The molecule has 1 aliphatic rings. The lowest BCUT2D eigenvalue weighted by Crippen LogP contribution is -2.35. The third kappa shape index (κ3) is 4.91. The number of piperidine rings is 1. The van der Waals surface area contributed by atoms with Crippen molar-refractivity contribution in [2.45, 2.75) is 43.7 Å². The SMILES string of the molecule is COC(=O)c1cc(NC(=O)Cc2ccc(S(=O)(=O)N3CCCCC3)s2)cc(C)c1C. The maximum Gasteiger partial charge on any atom is 0.338 e. The van der Waals surface area contributed by atoms with Crippen molar-refractivity contribution in [1.29, 1.82) is 0 Å². The molecule has 162 valence electrons. The molecule has 0 radical (unpaired) electrons. The standard InChI is InChI=1S/C21H26N2O5S2/c1-14-11-16(12-18(15(14)2)21(25)28-3)22-19(24)13-17-7-8-20(29-17)30(26,27)23-9-5-4-6-10-23/h7-8,11-12H,4-6,9-10,13H2,1-3H3,(H,22,24). The van der Waals surface area contributed by atoms with Gasteiger partial charge in [-0.15, -0.1) is 11.3 Å². The summed E-state index contributed by atoms with van der Waals surface area (Å²) in [5, 5.41) is 2.79. The maximum atomic E-state index is 12.8. The van der Waals surface area contributed by atoms with Crippen molar-refractivity contribution < 1.29 is 22.7 Å². The molecule has 1 N–H and O–H groups in total. The Labute approximate surface area is 181 Å². The van der Waals surface area contributed by atoms with Gasteiger partial charge < -0.3 is 10.1 Å². The number of carbonyl (C=O) groups is 2. The summed E-state index contributed by atoms with van der Waals surface area (Å²) >= 11 is 1.13. The van der Waals surface area contributed by atoms with Gasteiger partial charge in [0.1, 0.15) is 4.21 Å². The topological polar surface area (TPSA) is 92.8 Å². The van der Waals surface area contributed by atoms with Gasteiger partial charge in [-0.25, -0.2) is 13.2 Å². The van der Waals surface area contributed by atoms with Gasteiger partial charge in [0.25, 0.3) is 10.0 Å². The summed E-state index contributed by atoms with van der Waals surface area (Å²) in [6, 6.07) is 6.64. The molecule has 0 atom stereocenters. The van der Waals surface area contributed by atoms with E-state index in [1.54, 1.807) is 24.3 Å². The van der Waals surface area contributed by atoms with Crippen LogP contribution < -0.4 is 5.32 Å². The number of nitrogens with zero attached hydrogens (tertiary/aromatic N) is 1. The highest BCUT2D eigenvalue weighted by molar-refractivity contribution is 7.91. The summed E-state index contributed by atoms with van der Waals surface area (Å²) in [6.45, 7) is 4.77. The molecule has 30 heavy (non-hydrogen) atoms. The van der Waals surface area contributed by atoms with Gasteiger partial charge in [-0.1, -0.05) is 6.42 Å². The molecule has 0 unspecified atom stereocenters. The van der Waals surface area contributed by atoms with Crippen LogP contribution in [0.2, 0.25) is 0 Å². The summed E-state index contributed by atoms with van der Waals surface area (Å²) in [4.78, 5) is 25.1. The van der Waals surface area contributed by atoms with Gasteiger partial charge in [-0.05, 0) is 62.1 Å². The first-order valence-electron chi connectivity index (χ1n) is 9.80. The third-order valence-electron chi connectivity index (χ3n) is 5.24. The number of esters is 1. The van der Waals surface area contributed by atoms with Crippen molar-refractivity contribution in [2.24, 2.45) is 0 Å². The Kier molecular flexibility index (Phi) is 6.95. The minimum atomic E-state index is -3.50. The van der Waals surface area contributed by atoms with Crippen LogP contribution in [0.4, 0.5) is 5.69 Å². The number of sulfonamides is 1. The second kappa shape index (κ2) is 9.28. The molecule has 7 nitrogen and oxygen atoms in total. The Morgan fingerprint density at radius 3 is 2.50 bits per heavy atom. The van der Waals surface area contributed by atoms with Crippen molar-refractivity contribution >= 4 is 38.9 Å². The summed E-state index contributed by atoms with van der Waals surface area (Å²) in [6.07, 6.45) is 2.87. The predicted molar refractivity (Wildman–Crippen MR) is 117 cm³/mol. The number of hydrogen-bond donors (Lipinski definition) is 1. The third-order valence-corrected chi connectivity index (χ3v) is 8.69. The Morgan fingerprint density at radius 1 is 1.13 bits per heavy atom. The van der Waals surface area contributed by atoms with E-state index in [4.69, 9.17) is 4.74 Å². The minimum Gasteiger partial charge on any atom is -0.465 e. The molecule has 2 aromatic rings. The van der Waals surface area contributed by atoms with Crippen LogP contribution in [-0.4, -0.2) is 44.8 Å². The van der Waals surface area contributed by atoms with E-state index in [1.165, 1.54) is 11.4 Å². The molecular formula is C21H26N2O5S2. The Morgan fingerprint density at radius 2 is 1.83 bits per heavy atom. The summed E-state index contributed by atoms with van der Waals surface area (Å²) in [7, 11) is -2.18. The first-order valence-corrected chi connectivity index (χ1v) is 12.1. The van der Waals surface area contributed by atoms with Crippen LogP contribution >= 0.6 is 11.3 Å². The van der Waals surface area contributed by atoms with Crippen LogP contribution in [0, 0.1) is 13.8 Å². The average Bonchev–Trinajstić information content (AvgIpc) is 3.19. The highest BCUT2D eigenvalue weighted by Crippen LogP contribution is 2.28. The van der Waals surface area contributed by atoms with Crippen molar-refractivity contribution in [1.82, 2.24) is 4.31 Å². The second-order valence-corrected chi connectivity index (χ2v) is 10.7. The van der Waals surface area contributed by atoms with Crippen LogP contribution in [0.5, 0.6) is 0 Å². The number of carbonyl (C=O) groups excluding carboxylic acids is 2. The van der Waals surface area contributed by atoms with E-state index in [1.807, 2.05) is 13.8 Å². The van der Waals surface area contributed by atoms with E-state index >= 15 is 0 Å². The fourth-order valence-electron chi connectivity index (χ4n) is 3.44. The highest BCUT2D eigenvalue weighted by atomic mass is 32.2. The van der Waals surface area contributed by atoms with Crippen LogP contribution in [0.1, 0.15) is 45.6 Å². The lowest BCUT2D eigenvalue weighted by molar-refractivity contribution is -0.115. The number of methoxy groups -OCH3 is 1. The zero-order chi connectivity index (χ0) is 21.9. The minimum absolute atomic E-state index is 0.0562. The molecule has 1 saturated heterocycles. The number of thiophene rings is 1. The van der Waals surface area contributed by atoms with Crippen LogP contribution in [0.15, 0.2) is 28.5 Å². The van der Waals surface area contributed by atoms with E-state index in [2.05, 4.69) is 5.32 Å². The molecule has 9 heteroatoms. The number of ether oxygens (including phenoxy) is 1. The first kappa shape index (κ1) is 22.5. The Bertz CT molecular complexity index is 1050. The van der Waals surface area contributed by atoms with E-state index in [0.29, 0.717) is 29.2 Å². The number of nitrogens with one attached hydrogen (secondary N) is 1. The molecule has 1 aromatic heterocycles. The maximum absolute atomic E-state index is 12.8. The molecule has 3 rings (SSSR count). The lowest BCUT2D eigenvalue weighted by atomic mass is 10.0. The van der Waals surface area contributed by atoms with Crippen molar-refractivity contribution in [3.63, 3.8) is 0 Å². The fourth-order valence-corrected chi connectivity index (χ4v) is 6.47. The van der Waals surface area contributed by atoms with Crippen LogP contribution in [0.3, 0.4) is 0 Å². The predicted octanol–water partition coefficient (Wildman–Crippen LogP) is 3.51. The number of aryl methyl sites for hydroxylation is 1. The van der Waals surface area contributed by atoms with Gasteiger partial charge in [0.15, 0.2) is 0 Å². The van der Waals surface area contributed by atoms with Gasteiger partial charge in [0.05, 0.1) is 19.1 Å². The van der Waals surface area contributed by atoms with E-state index in [0.717, 1.165) is 41.7 Å². The van der Waals surface area contributed by atoms with Crippen molar-refractivity contribution in [2.75, 3.05) is 25.5 Å². The molecule has 1 aromatic carbocycles. The molecule has 0 bridgehead atoms.